The first-order chi connectivity index (χ1) is 5.79. The summed E-state index contributed by atoms with van der Waals surface area (Å²) in [6, 6.07) is 3.94. The Morgan fingerprint density at radius 1 is 1.33 bits per heavy atom. The molecule has 0 amide bonds. The summed E-state index contributed by atoms with van der Waals surface area (Å²) < 4.78 is 0. The van der Waals surface area contributed by atoms with Gasteiger partial charge < -0.3 is 10.2 Å². The van der Waals surface area contributed by atoms with Crippen LogP contribution in [0.15, 0.2) is 24.5 Å². The van der Waals surface area contributed by atoms with Gasteiger partial charge in [-0.25, -0.2) is 0 Å². The van der Waals surface area contributed by atoms with Crippen molar-refractivity contribution in [3.05, 3.63) is 24.5 Å². The number of likely N-dealkylation sites (N-methyl/N-ethyl adjacent to an activating group) is 1. The number of anilines is 1. The maximum Gasteiger partial charge on any atom is 0.0371 e. The number of rotatable bonds is 4. The Kier molecular flexibility index (Phi) is 3.54. The van der Waals surface area contributed by atoms with E-state index in [-0.39, 0.29) is 0 Å². The highest BCUT2D eigenvalue weighted by Crippen LogP contribution is 2.01. The van der Waals surface area contributed by atoms with Crippen LogP contribution < -0.4 is 5.32 Å². The van der Waals surface area contributed by atoms with E-state index in [1.54, 1.807) is 12.4 Å². The summed E-state index contributed by atoms with van der Waals surface area (Å²) in [6.07, 6.45) is 3.58. The van der Waals surface area contributed by atoms with E-state index in [4.69, 9.17) is 0 Å². The summed E-state index contributed by atoms with van der Waals surface area (Å²) >= 11 is 0. The van der Waals surface area contributed by atoms with Gasteiger partial charge in [0, 0.05) is 31.2 Å². The lowest BCUT2D eigenvalue weighted by atomic mass is 10.4. The Balaban J connectivity index is 2.25. The normalized spacial score (nSPS) is 10.2. The van der Waals surface area contributed by atoms with Crippen molar-refractivity contribution in [2.75, 3.05) is 32.5 Å². The van der Waals surface area contributed by atoms with Crippen LogP contribution in [0.2, 0.25) is 0 Å². The summed E-state index contributed by atoms with van der Waals surface area (Å²) in [5, 5.41) is 3.29. The standard InChI is InChI=1S/C9H15N3/c1-12(2)8-7-11-9-3-5-10-6-4-9/h3-6H,7-8H2,1-2H3,(H,10,11). The summed E-state index contributed by atoms with van der Waals surface area (Å²) in [4.78, 5) is 6.09. The van der Waals surface area contributed by atoms with Crippen LogP contribution in [-0.2, 0) is 0 Å². The molecule has 1 aromatic heterocycles. The third-order valence-corrected chi connectivity index (χ3v) is 1.57. The van der Waals surface area contributed by atoms with Crippen LogP contribution in [0.4, 0.5) is 5.69 Å². The van der Waals surface area contributed by atoms with Crippen molar-refractivity contribution in [1.29, 1.82) is 0 Å². The van der Waals surface area contributed by atoms with E-state index in [1.165, 1.54) is 0 Å². The molecule has 12 heavy (non-hydrogen) atoms. The molecule has 1 aromatic rings. The maximum atomic E-state index is 3.94. The topological polar surface area (TPSA) is 28.2 Å². The smallest absolute Gasteiger partial charge is 0.0371 e. The molecule has 0 aliphatic heterocycles. The fraction of sp³-hybridized carbons (Fsp3) is 0.444. The van der Waals surface area contributed by atoms with E-state index >= 15 is 0 Å². The fourth-order valence-corrected chi connectivity index (χ4v) is 0.894. The average molecular weight is 165 g/mol. The minimum absolute atomic E-state index is 0.969. The Hall–Kier alpha value is -1.09. The molecule has 1 heterocycles. The van der Waals surface area contributed by atoms with Gasteiger partial charge in [-0.3, -0.25) is 4.98 Å². The van der Waals surface area contributed by atoms with Gasteiger partial charge in [0.2, 0.25) is 0 Å². The molecule has 0 unspecified atom stereocenters. The van der Waals surface area contributed by atoms with Crippen molar-refractivity contribution < 1.29 is 0 Å². The molecule has 1 rings (SSSR count). The second-order valence-electron chi connectivity index (χ2n) is 2.97. The lowest BCUT2D eigenvalue weighted by molar-refractivity contribution is 0.425. The van der Waals surface area contributed by atoms with Gasteiger partial charge in [0.05, 0.1) is 0 Å². The van der Waals surface area contributed by atoms with E-state index < -0.39 is 0 Å². The number of hydrogen-bond donors (Lipinski definition) is 1. The molecular weight excluding hydrogens is 150 g/mol. The second-order valence-corrected chi connectivity index (χ2v) is 2.97. The summed E-state index contributed by atoms with van der Waals surface area (Å²) in [5.41, 5.74) is 1.13. The molecule has 0 aliphatic carbocycles. The van der Waals surface area contributed by atoms with Crippen molar-refractivity contribution >= 4 is 5.69 Å². The monoisotopic (exact) mass is 165 g/mol. The van der Waals surface area contributed by atoms with Crippen LogP contribution in [-0.4, -0.2) is 37.1 Å². The van der Waals surface area contributed by atoms with Gasteiger partial charge in [-0.1, -0.05) is 0 Å². The number of aromatic nitrogens is 1. The van der Waals surface area contributed by atoms with Gasteiger partial charge in [-0.05, 0) is 26.2 Å². The predicted octanol–water partition coefficient (Wildman–Crippen LogP) is 1.06. The number of nitrogens with one attached hydrogen (secondary N) is 1. The number of hydrogen-bond acceptors (Lipinski definition) is 3. The van der Waals surface area contributed by atoms with Crippen LogP contribution in [0.25, 0.3) is 0 Å². The van der Waals surface area contributed by atoms with Crippen LogP contribution in [0, 0.1) is 0 Å². The molecule has 0 saturated heterocycles. The van der Waals surface area contributed by atoms with Gasteiger partial charge in [0.25, 0.3) is 0 Å². The molecule has 0 radical (unpaired) electrons. The highest BCUT2D eigenvalue weighted by Gasteiger charge is 1.90. The third kappa shape index (κ3) is 3.34. The zero-order valence-electron chi connectivity index (χ0n) is 7.62. The lowest BCUT2D eigenvalue weighted by Gasteiger charge is -2.10. The minimum atomic E-state index is 0.969. The quantitative estimate of drug-likeness (QED) is 0.723. The van der Waals surface area contributed by atoms with Crippen LogP contribution in [0.5, 0.6) is 0 Å². The molecule has 1 N–H and O–H groups in total. The van der Waals surface area contributed by atoms with Crippen molar-refractivity contribution in [2.45, 2.75) is 0 Å². The average Bonchev–Trinajstić information content (AvgIpc) is 2.05. The Bertz CT molecular complexity index is 208. The molecule has 66 valence electrons. The predicted molar refractivity (Wildman–Crippen MR) is 51.3 cm³/mol. The van der Waals surface area contributed by atoms with E-state index in [9.17, 15) is 0 Å². The van der Waals surface area contributed by atoms with Crippen LogP contribution in [0.1, 0.15) is 0 Å². The van der Waals surface area contributed by atoms with Crippen LogP contribution >= 0.6 is 0 Å². The Morgan fingerprint density at radius 3 is 2.58 bits per heavy atom. The molecular formula is C9H15N3. The summed E-state index contributed by atoms with van der Waals surface area (Å²) in [5.74, 6) is 0. The molecule has 0 aromatic carbocycles. The molecule has 3 nitrogen and oxygen atoms in total. The first-order valence-corrected chi connectivity index (χ1v) is 4.07. The number of nitrogens with zero attached hydrogens (tertiary/aromatic N) is 2. The van der Waals surface area contributed by atoms with Crippen molar-refractivity contribution in [3.63, 3.8) is 0 Å². The summed E-state index contributed by atoms with van der Waals surface area (Å²) in [7, 11) is 4.13. The fourth-order valence-electron chi connectivity index (χ4n) is 0.894. The zero-order chi connectivity index (χ0) is 8.81. The largest absolute Gasteiger partial charge is 0.384 e. The minimum Gasteiger partial charge on any atom is -0.384 e. The van der Waals surface area contributed by atoms with E-state index in [0.29, 0.717) is 0 Å². The maximum absolute atomic E-state index is 3.94. The highest BCUT2D eigenvalue weighted by molar-refractivity contribution is 5.40. The second kappa shape index (κ2) is 4.72. The van der Waals surface area contributed by atoms with Gasteiger partial charge in [0.1, 0.15) is 0 Å². The summed E-state index contributed by atoms with van der Waals surface area (Å²) in [6.45, 7) is 2.01. The van der Waals surface area contributed by atoms with E-state index in [2.05, 4.69) is 29.3 Å². The Morgan fingerprint density at radius 2 is 2.00 bits per heavy atom. The molecule has 0 saturated carbocycles. The van der Waals surface area contributed by atoms with Gasteiger partial charge >= 0.3 is 0 Å². The molecule has 3 heteroatoms. The number of pyridine rings is 1. The van der Waals surface area contributed by atoms with Crippen molar-refractivity contribution in [3.8, 4) is 0 Å². The SMILES string of the molecule is CN(C)CCNc1ccncc1. The highest BCUT2D eigenvalue weighted by atomic mass is 15.1. The third-order valence-electron chi connectivity index (χ3n) is 1.57. The Labute approximate surface area is 73.4 Å². The zero-order valence-corrected chi connectivity index (χ0v) is 7.62. The molecule has 0 bridgehead atoms. The van der Waals surface area contributed by atoms with E-state index in [0.717, 1.165) is 18.8 Å². The van der Waals surface area contributed by atoms with Crippen molar-refractivity contribution in [2.24, 2.45) is 0 Å². The molecule has 0 aliphatic rings. The lowest BCUT2D eigenvalue weighted by Crippen LogP contribution is -2.20. The van der Waals surface area contributed by atoms with Gasteiger partial charge in [0.15, 0.2) is 0 Å². The first-order valence-electron chi connectivity index (χ1n) is 4.07. The van der Waals surface area contributed by atoms with Gasteiger partial charge in [-0.2, -0.15) is 0 Å². The van der Waals surface area contributed by atoms with E-state index in [1.807, 2.05) is 12.1 Å². The molecule has 0 spiro atoms. The first kappa shape index (κ1) is 9.00. The van der Waals surface area contributed by atoms with Crippen molar-refractivity contribution in [1.82, 2.24) is 9.88 Å². The molecule has 0 atom stereocenters. The van der Waals surface area contributed by atoms with Crippen LogP contribution in [0.3, 0.4) is 0 Å². The molecule has 0 fully saturated rings. The van der Waals surface area contributed by atoms with Gasteiger partial charge in [-0.15, -0.1) is 0 Å².